The maximum absolute atomic E-state index is 13.8. The van der Waals surface area contributed by atoms with Crippen LogP contribution in [0.4, 0.5) is 10.1 Å². The summed E-state index contributed by atoms with van der Waals surface area (Å²) in [6.45, 7) is 4.82. The standard InChI is InChI=1S/C21H21FN2O2S/c1-13(2)9-10-23-20(25)15-7-8-18-17(11-15)24-21(26)19(27-18)12-14-5-3-4-6-16(14)22/h3-8,11-13H,9-10H2,1-2H3,(H,23,25)(H,24,26)/b19-12+. The second-order valence-corrected chi connectivity index (χ2v) is 7.82. The van der Waals surface area contributed by atoms with Gasteiger partial charge in [0.05, 0.1) is 10.6 Å². The minimum Gasteiger partial charge on any atom is -0.352 e. The summed E-state index contributed by atoms with van der Waals surface area (Å²) in [5.74, 6) is -0.333. The van der Waals surface area contributed by atoms with Crippen LogP contribution in [0.15, 0.2) is 52.3 Å². The van der Waals surface area contributed by atoms with E-state index in [4.69, 9.17) is 0 Å². The summed E-state index contributed by atoms with van der Waals surface area (Å²) in [4.78, 5) is 25.9. The van der Waals surface area contributed by atoms with Crippen molar-refractivity contribution in [2.24, 2.45) is 5.92 Å². The van der Waals surface area contributed by atoms with E-state index < -0.39 is 0 Å². The van der Waals surface area contributed by atoms with Gasteiger partial charge in [-0.25, -0.2) is 4.39 Å². The fourth-order valence-electron chi connectivity index (χ4n) is 2.61. The Morgan fingerprint density at radius 2 is 2.04 bits per heavy atom. The molecule has 2 amide bonds. The lowest BCUT2D eigenvalue weighted by atomic mass is 10.1. The van der Waals surface area contributed by atoms with Crippen LogP contribution in [0.3, 0.4) is 0 Å². The van der Waals surface area contributed by atoms with Crippen LogP contribution in [0.1, 0.15) is 36.2 Å². The minimum absolute atomic E-state index is 0.162. The van der Waals surface area contributed by atoms with Gasteiger partial charge in [-0.3, -0.25) is 9.59 Å². The van der Waals surface area contributed by atoms with E-state index in [9.17, 15) is 14.0 Å². The molecule has 4 nitrogen and oxygen atoms in total. The first-order valence-electron chi connectivity index (χ1n) is 8.81. The van der Waals surface area contributed by atoms with Gasteiger partial charge >= 0.3 is 0 Å². The molecule has 0 fully saturated rings. The van der Waals surface area contributed by atoms with Gasteiger partial charge in [-0.1, -0.05) is 43.8 Å². The van der Waals surface area contributed by atoms with Gasteiger partial charge < -0.3 is 10.6 Å². The zero-order valence-corrected chi connectivity index (χ0v) is 16.0. The van der Waals surface area contributed by atoms with Crippen molar-refractivity contribution in [1.29, 1.82) is 0 Å². The van der Waals surface area contributed by atoms with E-state index >= 15 is 0 Å². The van der Waals surface area contributed by atoms with E-state index in [-0.39, 0.29) is 17.6 Å². The summed E-state index contributed by atoms with van der Waals surface area (Å²) in [7, 11) is 0. The topological polar surface area (TPSA) is 58.2 Å². The van der Waals surface area contributed by atoms with E-state index in [2.05, 4.69) is 24.5 Å². The predicted octanol–water partition coefficient (Wildman–Crippen LogP) is 4.69. The van der Waals surface area contributed by atoms with E-state index in [0.717, 1.165) is 11.3 Å². The average molecular weight is 384 g/mol. The lowest BCUT2D eigenvalue weighted by molar-refractivity contribution is -0.112. The van der Waals surface area contributed by atoms with Crippen LogP contribution in [0.25, 0.3) is 6.08 Å². The van der Waals surface area contributed by atoms with Crippen molar-refractivity contribution in [3.05, 3.63) is 64.3 Å². The summed E-state index contributed by atoms with van der Waals surface area (Å²) in [5, 5.41) is 5.67. The summed E-state index contributed by atoms with van der Waals surface area (Å²) < 4.78 is 13.8. The molecule has 0 spiro atoms. The van der Waals surface area contributed by atoms with Crippen molar-refractivity contribution in [3.8, 4) is 0 Å². The summed E-state index contributed by atoms with van der Waals surface area (Å²) in [6.07, 6.45) is 2.44. The van der Waals surface area contributed by atoms with Crippen LogP contribution in [0, 0.1) is 11.7 Å². The number of nitrogens with one attached hydrogen (secondary N) is 2. The van der Waals surface area contributed by atoms with Gasteiger partial charge in [-0.2, -0.15) is 0 Å². The average Bonchev–Trinajstić information content (AvgIpc) is 2.63. The Hall–Kier alpha value is -2.60. The van der Waals surface area contributed by atoms with Crippen LogP contribution >= 0.6 is 11.8 Å². The van der Waals surface area contributed by atoms with Gasteiger partial charge in [-0.05, 0) is 42.7 Å². The van der Waals surface area contributed by atoms with Crippen LogP contribution < -0.4 is 10.6 Å². The third-order valence-electron chi connectivity index (χ3n) is 4.13. The van der Waals surface area contributed by atoms with Gasteiger partial charge in [0.15, 0.2) is 0 Å². The third kappa shape index (κ3) is 4.77. The lowest BCUT2D eigenvalue weighted by Gasteiger charge is -2.19. The largest absolute Gasteiger partial charge is 0.352 e. The van der Waals surface area contributed by atoms with Crippen molar-refractivity contribution in [2.45, 2.75) is 25.2 Å². The zero-order chi connectivity index (χ0) is 19.4. The molecule has 6 heteroatoms. The first-order chi connectivity index (χ1) is 12.9. The highest BCUT2D eigenvalue weighted by atomic mass is 32.2. The minimum atomic E-state index is -0.377. The molecule has 0 saturated heterocycles. The molecule has 140 valence electrons. The van der Waals surface area contributed by atoms with Crippen LogP contribution in [0.5, 0.6) is 0 Å². The Labute approximate surface area is 162 Å². The second-order valence-electron chi connectivity index (χ2n) is 6.74. The number of carbonyl (C=O) groups excluding carboxylic acids is 2. The van der Waals surface area contributed by atoms with Gasteiger partial charge in [-0.15, -0.1) is 0 Å². The second kappa shape index (κ2) is 8.39. The number of thioether (sulfide) groups is 1. The van der Waals surface area contributed by atoms with Crippen molar-refractivity contribution in [3.63, 3.8) is 0 Å². The number of rotatable bonds is 5. The van der Waals surface area contributed by atoms with Gasteiger partial charge in [0.25, 0.3) is 11.8 Å². The molecule has 3 rings (SSSR count). The quantitative estimate of drug-likeness (QED) is 0.736. The number of halogens is 1. The maximum Gasteiger partial charge on any atom is 0.262 e. The van der Waals surface area contributed by atoms with Gasteiger partial charge in [0.2, 0.25) is 0 Å². The molecule has 1 heterocycles. The number of anilines is 1. The third-order valence-corrected chi connectivity index (χ3v) is 5.23. The first kappa shape index (κ1) is 19.2. The molecule has 0 saturated carbocycles. The maximum atomic E-state index is 13.8. The predicted molar refractivity (Wildman–Crippen MR) is 107 cm³/mol. The molecule has 0 aliphatic carbocycles. The highest BCUT2D eigenvalue weighted by molar-refractivity contribution is 8.04. The summed E-state index contributed by atoms with van der Waals surface area (Å²) in [6, 6.07) is 11.5. The SMILES string of the molecule is CC(C)CCNC(=O)c1ccc2c(c1)NC(=O)/C(=C\c1ccccc1F)S2. The fraction of sp³-hybridized carbons (Fsp3) is 0.238. The zero-order valence-electron chi connectivity index (χ0n) is 15.2. The Kier molecular flexibility index (Phi) is 5.96. The van der Waals surface area contributed by atoms with Crippen molar-refractivity contribution >= 4 is 35.3 Å². The monoisotopic (exact) mass is 384 g/mol. The fourth-order valence-corrected chi connectivity index (χ4v) is 3.53. The number of carbonyl (C=O) groups is 2. The highest BCUT2D eigenvalue weighted by Crippen LogP contribution is 2.39. The van der Waals surface area contributed by atoms with Gasteiger partial charge in [0.1, 0.15) is 5.82 Å². The van der Waals surface area contributed by atoms with Crippen molar-refractivity contribution < 1.29 is 14.0 Å². The molecule has 0 atom stereocenters. The number of amides is 2. The van der Waals surface area contributed by atoms with E-state index in [0.29, 0.717) is 34.2 Å². The van der Waals surface area contributed by atoms with E-state index in [1.54, 1.807) is 36.4 Å². The number of benzene rings is 2. The molecule has 1 aliphatic rings. The Bertz CT molecular complexity index is 909. The van der Waals surface area contributed by atoms with Crippen molar-refractivity contribution in [2.75, 3.05) is 11.9 Å². The van der Waals surface area contributed by atoms with Crippen LogP contribution in [-0.4, -0.2) is 18.4 Å². The molecular weight excluding hydrogens is 363 g/mol. The number of hydrogen-bond donors (Lipinski definition) is 2. The first-order valence-corrected chi connectivity index (χ1v) is 9.63. The summed E-state index contributed by atoms with van der Waals surface area (Å²) in [5.41, 5.74) is 1.45. The molecule has 2 N–H and O–H groups in total. The van der Waals surface area contributed by atoms with E-state index in [1.807, 2.05) is 0 Å². The van der Waals surface area contributed by atoms with Crippen LogP contribution in [-0.2, 0) is 4.79 Å². The molecule has 0 bridgehead atoms. The normalized spacial score (nSPS) is 14.8. The Morgan fingerprint density at radius 1 is 1.26 bits per heavy atom. The molecular formula is C21H21FN2O2S. The number of hydrogen-bond acceptors (Lipinski definition) is 3. The number of fused-ring (bicyclic) bond motifs is 1. The van der Waals surface area contributed by atoms with Crippen molar-refractivity contribution in [1.82, 2.24) is 5.32 Å². The molecule has 27 heavy (non-hydrogen) atoms. The van der Waals surface area contributed by atoms with Crippen LogP contribution in [0.2, 0.25) is 0 Å². The highest BCUT2D eigenvalue weighted by Gasteiger charge is 2.22. The summed E-state index contributed by atoms with van der Waals surface area (Å²) >= 11 is 1.26. The van der Waals surface area contributed by atoms with Gasteiger partial charge in [0, 0.05) is 22.6 Å². The molecule has 0 aromatic heterocycles. The Balaban J connectivity index is 1.76. The Morgan fingerprint density at radius 3 is 2.78 bits per heavy atom. The molecule has 1 aliphatic heterocycles. The smallest absolute Gasteiger partial charge is 0.262 e. The van der Waals surface area contributed by atoms with E-state index in [1.165, 1.54) is 23.9 Å². The molecule has 0 radical (unpaired) electrons. The molecule has 0 unspecified atom stereocenters. The molecule has 2 aromatic rings. The lowest BCUT2D eigenvalue weighted by Crippen LogP contribution is -2.26. The molecule has 2 aromatic carbocycles.